The molecule has 0 unspecified atom stereocenters. The van der Waals surface area contributed by atoms with Gasteiger partial charge in [-0.1, -0.05) is 145 Å². The van der Waals surface area contributed by atoms with E-state index in [0.29, 0.717) is 0 Å². The van der Waals surface area contributed by atoms with Crippen molar-refractivity contribution in [2.45, 2.75) is 12.8 Å². The third-order valence-corrected chi connectivity index (χ3v) is 14.1. The Balaban J connectivity index is 1.28. The number of thiophene rings is 1. The molecule has 0 bridgehead atoms. The number of fused-ring (bicyclic) bond motifs is 13. The molecule has 0 atom stereocenters. The highest BCUT2D eigenvalue weighted by Crippen LogP contribution is 2.50. The summed E-state index contributed by atoms with van der Waals surface area (Å²) in [5.41, 5.74) is 16.8. The monoisotopic (exact) mass is 754 g/mol. The normalized spacial score (nSPS) is 13.0. The predicted molar refractivity (Wildman–Crippen MR) is 249 cm³/mol. The van der Waals surface area contributed by atoms with Gasteiger partial charge in [0, 0.05) is 59.5 Å². The molecule has 0 spiro atoms. The molecule has 2 aliphatic heterocycles. The molecule has 0 saturated carbocycles. The zero-order valence-corrected chi connectivity index (χ0v) is 32.7. The van der Waals surface area contributed by atoms with Gasteiger partial charge < -0.3 is 9.38 Å². The first-order valence-corrected chi connectivity index (χ1v) is 21.1. The molecule has 58 heavy (non-hydrogen) atoms. The number of hydrogen-bond donors (Lipinski definition) is 0. The molecule has 0 N–H and O–H groups in total. The summed E-state index contributed by atoms with van der Waals surface area (Å²) in [5, 5.41) is 7.86. The van der Waals surface area contributed by atoms with Crippen LogP contribution in [0.15, 0.2) is 188 Å². The Hall–Kier alpha value is -6.88. The molecular weight excluding hydrogens is 719 g/mol. The molecule has 0 radical (unpaired) electrons. The minimum atomic E-state index is -0.0521. The average Bonchev–Trinajstić information content (AvgIpc) is 3.83. The van der Waals surface area contributed by atoms with Gasteiger partial charge in [-0.05, 0) is 99.4 Å². The van der Waals surface area contributed by atoms with Gasteiger partial charge in [-0.2, -0.15) is 0 Å². The Morgan fingerprint density at radius 1 is 0.517 bits per heavy atom. The lowest BCUT2D eigenvalue weighted by atomic mass is 9.43. The average molecular weight is 755 g/mol. The topological polar surface area (TPSA) is 8.17 Å². The number of anilines is 2. The zero-order valence-electron chi connectivity index (χ0n) is 31.9. The molecule has 270 valence electrons. The van der Waals surface area contributed by atoms with Gasteiger partial charge in [-0.3, -0.25) is 0 Å². The van der Waals surface area contributed by atoms with E-state index in [1.54, 1.807) is 0 Å². The molecule has 13 rings (SSSR count). The van der Waals surface area contributed by atoms with Crippen molar-refractivity contribution in [2.75, 3.05) is 4.81 Å². The van der Waals surface area contributed by atoms with E-state index in [2.05, 4.69) is 204 Å². The van der Waals surface area contributed by atoms with Gasteiger partial charge in [-0.15, -0.1) is 11.3 Å². The van der Waals surface area contributed by atoms with E-state index in [-0.39, 0.29) is 12.8 Å². The molecule has 0 fully saturated rings. The minimum Gasteiger partial charge on any atom is -0.376 e. The lowest BCUT2D eigenvalue weighted by Gasteiger charge is -2.42. The smallest absolute Gasteiger partial charge is 0.333 e. The van der Waals surface area contributed by atoms with Crippen LogP contribution in [0.5, 0.6) is 0 Å². The van der Waals surface area contributed by atoms with E-state index >= 15 is 0 Å². The molecule has 2 aliphatic rings. The summed E-state index contributed by atoms with van der Waals surface area (Å²) in [6, 6.07) is 70.9. The minimum absolute atomic E-state index is 0.0103. The SMILES string of the molecule is Cc1ccc(N2B3c4cc5sc6ccccc6c5cc4-n4c5ccc6ccccc6c5c5c(C(c6ccccc6)c6ccccc6)cc(c3c54)-c3ccccc32)cc1. The molecule has 4 heterocycles. The van der Waals surface area contributed by atoms with Crippen LogP contribution in [0.4, 0.5) is 11.4 Å². The highest BCUT2D eigenvalue weighted by molar-refractivity contribution is 7.26. The molecule has 2 aromatic heterocycles. The van der Waals surface area contributed by atoms with Crippen LogP contribution in [-0.2, 0) is 0 Å². The summed E-state index contributed by atoms with van der Waals surface area (Å²) in [5.74, 6) is 0.0103. The van der Waals surface area contributed by atoms with Crippen molar-refractivity contribution in [1.82, 2.24) is 4.57 Å². The number of nitrogens with zero attached hydrogens (tertiary/aromatic N) is 2. The van der Waals surface area contributed by atoms with Gasteiger partial charge in [-0.25, -0.2) is 0 Å². The first kappa shape index (κ1) is 32.2. The fourth-order valence-corrected chi connectivity index (χ4v) is 11.6. The second kappa shape index (κ2) is 12.1. The van der Waals surface area contributed by atoms with E-state index < -0.39 is 0 Å². The standard InChI is InChI=1S/C54H35BN2S/c1-33-24-27-37(28-25-33)57-45-22-12-10-20-39(45)42-30-43(50(35-15-4-2-5-16-35)36-17-6-3-7-18-36)52-51-38-19-9-8-14-34(38)26-29-46(51)56-47-31-41-40-21-11-13-23-48(40)58-49(41)32-44(47)55(57)53(42)54(52)56/h2-32,50H,1H3. The molecule has 4 heteroatoms. The summed E-state index contributed by atoms with van der Waals surface area (Å²) in [4.78, 5) is 2.64. The Kier molecular flexibility index (Phi) is 6.71. The predicted octanol–water partition coefficient (Wildman–Crippen LogP) is 13.0. The number of aromatic nitrogens is 1. The van der Waals surface area contributed by atoms with Crippen molar-refractivity contribution in [1.29, 1.82) is 0 Å². The number of rotatable bonds is 4. The van der Waals surface area contributed by atoms with Crippen LogP contribution in [-0.4, -0.2) is 11.4 Å². The van der Waals surface area contributed by atoms with E-state index in [1.165, 1.54) is 114 Å². The summed E-state index contributed by atoms with van der Waals surface area (Å²) in [6.45, 7) is 2.13. The first-order valence-electron chi connectivity index (χ1n) is 20.2. The third kappa shape index (κ3) is 4.38. The number of benzene rings is 9. The van der Waals surface area contributed by atoms with Crippen LogP contribution < -0.4 is 15.7 Å². The lowest BCUT2D eigenvalue weighted by molar-refractivity contribution is 0.990. The maximum absolute atomic E-state index is 2.66. The molecule has 0 saturated heterocycles. The van der Waals surface area contributed by atoms with Crippen LogP contribution in [0.25, 0.3) is 69.6 Å². The Morgan fingerprint density at radius 3 is 2.00 bits per heavy atom. The molecular formula is C54H35BN2S. The summed E-state index contributed by atoms with van der Waals surface area (Å²) in [7, 11) is 0. The summed E-state index contributed by atoms with van der Waals surface area (Å²) < 4.78 is 5.31. The second-order valence-electron chi connectivity index (χ2n) is 16.1. The Labute approximate surface area is 341 Å². The third-order valence-electron chi connectivity index (χ3n) is 12.9. The van der Waals surface area contributed by atoms with Gasteiger partial charge in [0.2, 0.25) is 0 Å². The van der Waals surface area contributed by atoms with E-state index in [0.717, 1.165) is 0 Å². The van der Waals surface area contributed by atoms with Gasteiger partial charge in [0.25, 0.3) is 0 Å². The van der Waals surface area contributed by atoms with Crippen molar-refractivity contribution >= 4 is 93.2 Å². The van der Waals surface area contributed by atoms with Gasteiger partial charge in [0.05, 0.1) is 11.0 Å². The van der Waals surface area contributed by atoms with Gasteiger partial charge >= 0.3 is 6.85 Å². The highest BCUT2D eigenvalue weighted by atomic mass is 32.1. The number of aryl methyl sites for hydroxylation is 1. The lowest BCUT2D eigenvalue weighted by Crippen LogP contribution is -2.60. The first-order chi connectivity index (χ1) is 28.7. The van der Waals surface area contributed by atoms with E-state index in [1.807, 2.05) is 11.3 Å². The van der Waals surface area contributed by atoms with Crippen LogP contribution in [0.1, 0.15) is 28.2 Å². The van der Waals surface area contributed by atoms with Crippen molar-refractivity contribution in [3.63, 3.8) is 0 Å². The number of para-hydroxylation sites is 1. The maximum atomic E-state index is 2.66. The summed E-state index contributed by atoms with van der Waals surface area (Å²) >= 11 is 1.91. The highest BCUT2D eigenvalue weighted by Gasteiger charge is 2.45. The largest absolute Gasteiger partial charge is 0.376 e. The Bertz CT molecular complexity index is 3430. The molecule has 9 aromatic carbocycles. The van der Waals surface area contributed by atoms with Crippen molar-refractivity contribution in [3.05, 3.63) is 210 Å². The quantitative estimate of drug-likeness (QED) is 0.128. The van der Waals surface area contributed by atoms with Crippen LogP contribution in [0, 0.1) is 6.92 Å². The van der Waals surface area contributed by atoms with Crippen LogP contribution >= 0.6 is 11.3 Å². The molecule has 2 nitrogen and oxygen atoms in total. The van der Waals surface area contributed by atoms with Gasteiger partial charge in [0.1, 0.15) is 0 Å². The fraction of sp³-hybridized carbons (Fsp3) is 0.0370. The van der Waals surface area contributed by atoms with Crippen LogP contribution in [0.3, 0.4) is 0 Å². The molecule has 0 amide bonds. The molecule has 0 aliphatic carbocycles. The number of hydrogen-bond acceptors (Lipinski definition) is 2. The van der Waals surface area contributed by atoms with Crippen molar-refractivity contribution in [2.24, 2.45) is 0 Å². The maximum Gasteiger partial charge on any atom is 0.333 e. The molecule has 11 aromatic rings. The van der Waals surface area contributed by atoms with E-state index in [4.69, 9.17) is 0 Å². The second-order valence-corrected chi connectivity index (χ2v) is 17.1. The fourth-order valence-electron chi connectivity index (χ4n) is 10.5. The zero-order chi connectivity index (χ0) is 38.1. The van der Waals surface area contributed by atoms with Gasteiger partial charge in [0.15, 0.2) is 0 Å². The van der Waals surface area contributed by atoms with E-state index in [9.17, 15) is 0 Å². The summed E-state index contributed by atoms with van der Waals surface area (Å²) in [6.07, 6.45) is 0. The van der Waals surface area contributed by atoms with Crippen LogP contribution in [0.2, 0.25) is 0 Å². The van der Waals surface area contributed by atoms with Crippen molar-refractivity contribution < 1.29 is 0 Å². The Morgan fingerprint density at radius 2 is 1.21 bits per heavy atom. The van der Waals surface area contributed by atoms with Crippen molar-refractivity contribution in [3.8, 4) is 16.8 Å².